The van der Waals surface area contributed by atoms with Crippen molar-refractivity contribution in [1.29, 1.82) is 0 Å². The molecule has 0 amide bonds. The Bertz CT molecular complexity index is 322. The van der Waals surface area contributed by atoms with Gasteiger partial charge in [0.15, 0.2) is 0 Å². The van der Waals surface area contributed by atoms with E-state index in [4.69, 9.17) is 0 Å². The topological polar surface area (TPSA) is 0 Å². The third-order valence-corrected chi connectivity index (χ3v) is 2.41. The first-order valence-electron chi connectivity index (χ1n) is 4.76. The summed E-state index contributed by atoms with van der Waals surface area (Å²) in [6.45, 7) is 6.40. The van der Waals surface area contributed by atoms with Gasteiger partial charge >= 0.3 is 0 Å². The van der Waals surface area contributed by atoms with E-state index in [1.165, 1.54) is 4.90 Å². The Hall–Kier alpha value is -0.870. The molecule has 1 aromatic carbocycles. The largest absolute Gasteiger partial charge is 0.113 e. The van der Waals surface area contributed by atoms with Crippen LogP contribution in [0.5, 0.6) is 0 Å². The molecule has 0 atom stereocenters. The van der Waals surface area contributed by atoms with E-state index in [1.54, 1.807) is 11.8 Å². The first kappa shape index (κ1) is 11.2. The number of hydrogen-bond acceptors (Lipinski definition) is 1. The quantitative estimate of drug-likeness (QED) is 0.521. The highest BCUT2D eigenvalue weighted by molar-refractivity contribution is 7.99. The van der Waals surface area contributed by atoms with Crippen molar-refractivity contribution in [2.75, 3.05) is 5.75 Å². The highest BCUT2D eigenvalue weighted by Crippen LogP contribution is 2.16. The van der Waals surface area contributed by atoms with Crippen molar-refractivity contribution in [3.8, 4) is 11.8 Å². The van der Waals surface area contributed by atoms with Gasteiger partial charge in [-0.15, -0.1) is 11.8 Å². The average molecular weight is 204 g/mol. The lowest BCUT2D eigenvalue weighted by Crippen LogP contribution is -1.99. The van der Waals surface area contributed by atoms with Crippen LogP contribution in [0.25, 0.3) is 0 Å². The first-order chi connectivity index (χ1) is 6.58. The molecule has 0 spiro atoms. The summed E-state index contributed by atoms with van der Waals surface area (Å²) in [5, 5.41) is 0. The maximum Gasteiger partial charge on any atom is 0.0594 e. The van der Waals surface area contributed by atoms with Crippen molar-refractivity contribution in [3.05, 3.63) is 30.3 Å². The van der Waals surface area contributed by atoms with Crippen LogP contribution in [0.15, 0.2) is 35.2 Å². The molecular weight excluding hydrogens is 188 g/mol. The highest BCUT2D eigenvalue weighted by atomic mass is 32.2. The van der Waals surface area contributed by atoms with Crippen LogP contribution < -0.4 is 0 Å². The molecule has 0 unspecified atom stereocenters. The van der Waals surface area contributed by atoms with Gasteiger partial charge in [0.05, 0.1) is 5.75 Å². The Morgan fingerprint density at radius 3 is 2.36 bits per heavy atom. The van der Waals surface area contributed by atoms with Crippen LogP contribution in [0.3, 0.4) is 0 Å². The van der Waals surface area contributed by atoms with Gasteiger partial charge < -0.3 is 0 Å². The van der Waals surface area contributed by atoms with Crippen LogP contribution >= 0.6 is 11.8 Å². The first-order valence-corrected chi connectivity index (χ1v) is 5.74. The van der Waals surface area contributed by atoms with Gasteiger partial charge in [0.2, 0.25) is 0 Å². The zero-order valence-electron chi connectivity index (χ0n) is 9.00. The maximum atomic E-state index is 3.22. The molecule has 0 fully saturated rings. The van der Waals surface area contributed by atoms with Crippen LogP contribution in [-0.4, -0.2) is 5.75 Å². The van der Waals surface area contributed by atoms with Crippen molar-refractivity contribution in [2.24, 2.45) is 5.41 Å². The molecule has 0 heterocycles. The molecule has 0 nitrogen and oxygen atoms in total. The molecule has 0 saturated heterocycles. The van der Waals surface area contributed by atoms with E-state index in [9.17, 15) is 0 Å². The molecular formula is C13H16S. The Labute approximate surface area is 91.1 Å². The standard InChI is InChI=1S/C13H16S/c1-13(2,3)10-7-11-14-12-8-5-4-6-9-12/h4-6,8-9H,11H2,1-3H3. The fourth-order valence-corrected chi connectivity index (χ4v) is 1.60. The fourth-order valence-electron chi connectivity index (χ4n) is 0.937. The molecule has 0 N–H and O–H groups in total. The van der Waals surface area contributed by atoms with Crippen molar-refractivity contribution in [2.45, 2.75) is 25.7 Å². The third kappa shape index (κ3) is 4.99. The number of hydrogen-bond donors (Lipinski definition) is 0. The van der Waals surface area contributed by atoms with Gasteiger partial charge in [-0.1, -0.05) is 30.0 Å². The molecule has 0 aliphatic carbocycles. The second-order valence-corrected chi connectivity index (χ2v) is 5.20. The molecule has 0 saturated carbocycles. The summed E-state index contributed by atoms with van der Waals surface area (Å²) >= 11 is 1.79. The Balaban J connectivity index is 2.39. The average Bonchev–Trinajstić information content (AvgIpc) is 2.13. The summed E-state index contributed by atoms with van der Waals surface area (Å²) in [4.78, 5) is 1.29. The molecule has 1 heteroatoms. The smallest absolute Gasteiger partial charge is 0.0594 e. The molecule has 0 bridgehead atoms. The maximum absolute atomic E-state index is 3.22. The van der Waals surface area contributed by atoms with Gasteiger partial charge in [-0.05, 0) is 32.9 Å². The minimum Gasteiger partial charge on any atom is -0.113 e. The molecule has 1 rings (SSSR count). The van der Waals surface area contributed by atoms with Crippen LogP contribution in [0, 0.1) is 17.3 Å². The minimum atomic E-state index is 0.122. The molecule has 0 aliphatic rings. The molecule has 0 radical (unpaired) electrons. The normalized spacial score (nSPS) is 10.5. The van der Waals surface area contributed by atoms with Gasteiger partial charge in [0.1, 0.15) is 0 Å². The zero-order chi connectivity index (χ0) is 10.4. The van der Waals surface area contributed by atoms with Gasteiger partial charge in [-0.25, -0.2) is 0 Å². The second-order valence-electron chi connectivity index (χ2n) is 4.15. The van der Waals surface area contributed by atoms with Crippen molar-refractivity contribution < 1.29 is 0 Å². The van der Waals surface area contributed by atoms with Crippen LogP contribution in [0.4, 0.5) is 0 Å². The predicted molar refractivity (Wildman–Crippen MR) is 64.4 cm³/mol. The summed E-state index contributed by atoms with van der Waals surface area (Å²) < 4.78 is 0. The molecule has 0 aromatic heterocycles. The SMILES string of the molecule is CC(C)(C)C#CCSc1ccccc1. The molecule has 74 valence electrons. The van der Waals surface area contributed by atoms with E-state index in [0.717, 1.165) is 5.75 Å². The lowest BCUT2D eigenvalue weighted by Gasteiger charge is -2.06. The lowest BCUT2D eigenvalue weighted by atomic mass is 9.98. The summed E-state index contributed by atoms with van der Waals surface area (Å²) in [6, 6.07) is 10.4. The van der Waals surface area contributed by atoms with Gasteiger partial charge in [-0.3, -0.25) is 0 Å². The van der Waals surface area contributed by atoms with E-state index >= 15 is 0 Å². The van der Waals surface area contributed by atoms with Crippen LogP contribution in [0.2, 0.25) is 0 Å². The number of benzene rings is 1. The molecule has 1 aromatic rings. The van der Waals surface area contributed by atoms with E-state index in [1.807, 2.05) is 6.07 Å². The van der Waals surface area contributed by atoms with E-state index < -0.39 is 0 Å². The van der Waals surface area contributed by atoms with E-state index in [2.05, 4.69) is 56.9 Å². The van der Waals surface area contributed by atoms with Crippen LogP contribution in [0.1, 0.15) is 20.8 Å². The summed E-state index contributed by atoms with van der Waals surface area (Å²) in [6.07, 6.45) is 0. The van der Waals surface area contributed by atoms with Crippen molar-refractivity contribution in [3.63, 3.8) is 0 Å². The lowest BCUT2D eigenvalue weighted by molar-refractivity contribution is 0.571. The van der Waals surface area contributed by atoms with E-state index in [0.29, 0.717) is 0 Å². The zero-order valence-corrected chi connectivity index (χ0v) is 9.82. The summed E-state index contributed by atoms with van der Waals surface area (Å²) in [7, 11) is 0. The number of rotatable bonds is 2. The van der Waals surface area contributed by atoms with Crippen molar-refractivity contribution in [1.82, 2.24) is 0 Å². The second kappa shape index (κ2) is 5.12. The Morgan fingerprint density at radius 2 is 1.79 bits per heavy atom. The molecule has 14 heavy (non-hydrogen) atoms. The third-order valence-electron chi connectivity index (χ3n) is 1.52. The van der Waals surface area contributed by atoms with Gasteiger partial charge in [0.25, 0.3) is 0 Å². The van der Waals surface area contributed by atoms with Gasteiger partial charge in [-0.2, -0.15) is 0 Å². The predicted octanol–water partition coefficient (Wildman–Crippen LogP) is 3.83. The van der Waals surface area contributed by atoms with E-state index in [-0.39, 0.29) is 5.41 Å². The fraction of sp³-hybridized carbons (Fsp3) is 0.385. The monoisotopic (exact) mass is 204 g/mol. The number of thioether (sulfide) groups is 1. The highest BCUT2D eigenvalue weighted by Gasteiger charge is 2.02. The summed E-state index contributed by atoms with van der Waals surface area (Å²) in [5.41, 5.74) is 0.122. The minimum absolute atomic E-state index is 0.122. The van der Waals surface area contributed by atoms with Crippen molar-refractivity contribution >= 4 is 11.8 Å². The van der Waals surface area contributed by atoms with Crippen LogP contribution in [-0.2, 0) is 0 Å². The molecule has 0 aliphatic heterocycles. The van der Waals surface area contributed by atoms with Gasteiger partial charge in [0, 0.05) is 10.3 Å². The Morgan fingerprint density at radius 1 is 1.14 bits per heavy atom. The summed E-state index contributed by atoms with van der Waals surface area (Å²) in [5.74, 6) is 7.28. The Kier molecular flexibility index (Phi) is 4.10.